The standard InChI is InChI=1S/C36H32Cl2N2O3S/c1-5-10-27-17-26(18-32(42-6-2)34(27)43-22-25-11-8-7-9-12-25)19-33-35(41)40(29-16-14-24(4)31(38)21-29)36(44-33)39-28-15-13-23(3)30(37)20-28/h5,7-9,11-21H,1,6,10,22H2,2-4H3/b33-19+,39-36?. The van der Waals surface area contributed by atoms with Crippen LogP contribution in [0.3, 0.4) is 0 Å². The summed E-state index contributed by atoms with van der Waals surface area (Å²) in [6, 6.07) is 25.0. The molecule has 0 atom stereocenters. The zero-order valence-electron chi connectivity index (χ0n) is 24.8. The molecule has 224 valence electrons. The fraction of sp³-hybridized carbons (Fsp3) is 0.167. The molecule has 0 spiro atoms. The van der Waals surface area contributed by atoms with Crippen molar-refractivity contribution in [3.63, 3.8) is 0 Å². The molecule has 4 aromatic carbocycles. The van der Waals surface area contributed by atoms with Crippen LogP contribution in [0.1, 0.15) is 34.7 Å². The number of rotatable bonds is 10. The fourth-order valence-electron chi connectivity index (χ4n) is 4.64. The topological polar surface area (TPSA) is 51.1 Å². The summed E-state index contributed by atoms with van der Waals surface area (Å²) in [4.78, 5) is 20.9. The molecule has 0 radical (unpaired) electrons. The monoisotopic (exact) mass is 642 g/mol. The molecule has 0 saturated carbocycles. The van der Waals surface area contributed by atoms with Gasteiger partial charge in [0.25, 0.3) is 5.91 Å². The molecule has 8 heteroatoms. The third-order valence-electron chi connectivity index (χ3n) is 6.94. The van der Waals surface area contributed by atoms with Gasteiger partial charge in [-0.15, -0.1) is 6.58 Å². The average molecular weight is 644 g/mol. The number of hydrogen-bond acceptors (Lipinski definition) is 5. The first-order valence-corrected chi connectivity index (χ1v) is 15.8. The maximum atomic E-state index is 14.0. The molecule has 1 fully saturated rings. The van der Waals surface area contributed by atoms with E-state index in [0.717, 1.165) is 27.8 Å². The minimum atomic E-state index is -0.209. The lowest BCUT2D eigenvalue weighted by atomic mass is 10.0. The van der Waals surface area contributed by atoms with Gasteiger partial charge in [0.2, 0.25) is 0 Å². The Balaban J connectivity index is 1.56. The smallest absolute Gasteiger partial charge is 0.271 e. The largest absolute Gasteiger partial charge is 0.490 e. The molecule has 1 aliphatic heterocycles. The highest BCUT2D eigenvalue weighted by atomic mass is 35.5. The molecular weight excluding hydrogens is 611 g/mol. The maximum absolute atomic E-state index is 14.0. The first-order chi connectivity index (χ1) is 21.3. The van der Waals surface area contributed by atoms with Gasteiger partial charge in [0.05, 0.1) is 22.9 Å². The van der Waals surface area contributed by atoms with Crippen molar-refractivity contribution in [3.05, 3.63) is 134 Å². The second kappa shape index (κ2) is 14.2. The first-order valence-electron chi connectivity index (χ1n) is 14.2. The number of ether oxygens (including phenoxy) is 2. The van der Waals surface area contributed by atoms with Crippen LogP contribution in [-0.4, -0.2) is 17.7 Å². The number of allylic oxidation sites excluding steroid dienone is 1. The van der Waals surface area contributed by atoms with E-state index in [9.17, 15) is 4.79 Å². The van der Waals surface area contributed by atoms with Crippen molar-refractivity contribution < 1.29 is 14.3 Å². The molecule has 0 N–H and O–H groups in total. The number of carbonyl (C=O) groups excluding carboxylic acids is 1. The third-order valence-corrected chi connectivity index (χ3v) is 8.73. The molecule has 1 amide bonds. The van der Waals surface area contributed by atoms with Gasteiger partial charge in [0.15, 0.2) is 16.7 Å². The Morgan fingerprint density at radius 2 is 1.66 bits per heavy atom. The van der Waals surface area contributed by atoms with Gasteiger partial charge >= 0.3 is 0 Å². The van der Waals surface area contributed by atoms with Crippen LogP contribution in [0.15, 0.2) is 101 Å². The number of carbonyl (C=O) groups is 1. The second-order valence-corrected chi connectivity index (χ2v) is 12.0. The van der Waals surface area contributed by atoms with Gasteiger partial charge in [-0.1, -0.05) is 71.7 Å². The molecule has 5 rings (SSSR count). The molecule has 1 heterocycles. The summed E-state index contributed by atoms with van der Waals surface area (Å²) in [6.07, 6.45) is 4.25. The lowest BCUT2D eigenvalue weighted by molar-refractivity contribution is -0.113. The van der Waals surface area contributed by atoms with Crippen molar-refractivity contribution in [1.29, 1.82) is 0 Å². The third kappa shape index (κ3) is 7.21. The Hall–Kier alpha value is -3.97. The molecule has 0 aromatic heterocycles. The van der Waals surface area contributed by atoms with E-state index >= 15 is 0 Å². The zero-order valence-corrected chi connectivity index (χ0v) is 27.1. The number of anilines is 1. The highest BCUT2D eigenvalue weighted by molar-refractivity contribution is 8.19. The molecule has 4 aromatic rings. The predicted molar refractivity (Wildman–Crippen MR) is 185 cm³/mol. The average Bonchev–Trinajstić information content (AvgIpc) is 3.30. The van der Waals surface area contributed by atoms with E-state index in [1.165, 1.54) is 11.8 Å². The van der Waals surface area contributed by atoms with Crippen LogP contribution in [0.4, 0.5) is 11.4 Å². The molecule has 5 nitrogen and oxygen atoms in total. The molecule has 0 aliphatic carbocycles. The summed E-state index contributed by atoms with van der Waals surface area (Å²) >= 11 is 14.2. The van der Waals surface area contributed by atoms with Crippen molar-refractivity contribution in [3.8, 4) is 11.5 Å². The highest BCUT2D eigenvalue weighted by Gasteiger charge is 2.35. The molecular formula is C36H32Cl2N2O3S. The van der Waals surface area contributed by atoms with Crippen LogP contribution in [0.25, 0.3) is 6.08 Å². The number of aryl methyl sites for hydroxylation is 2. The lowest BCUT2D eigenvalue weighted by Gasteiger charge is -2.17. The van der Waals surface area contributed by atoms with Crippen molar-refractivity contribution in [2.75, 3.05) is 11.5 Å². The summed E-state index contributed by atoms with van der Waals surface area (Å²) in [5.41, 5.74) is 5.91. The van der Waals surface area contributed by atoms with Gasteiger partial charge in [0.1, 0.15) is 6.61 Å². The molecule has 0 unspecified atom stereocenters. The van der Waals surface area contributed by atoms with Crippen molar-refractivity contribution in [2.24, 2.45) is 4.99 Å². The van der Waals surface area contributed by atoms with Crippen LogP contribution in [0, 0.1) is 13.8 Å². The zero-order chi connectivity index (χ0) is 31.2. The molecule has 0 bridgehead atoms. The van der Waals surface area contributed by atoms with E-state index in [2.05, 4.69) is 6.58 Å². The lowest BCUT2D eigenvalue weighted by Crippen LogP contribution is -2.28. The van der Waals surface area contributed by atoms with Gasteiger partial charge in [-0.05, 0) is 104 Å². The minimum Gasteiger partial charge on any atom is -0.490 e. The van der Waals surface area contributed by atoms with Crippen LogP contribution >= 0.6 is 35.0 Å². The summed E-state index contributed by atoms with van der Waals surface area (Å²) in [5.74, 6) is 1.06. The van der Waals surface area contributed by atoms with E-state index < -0.39 is 0 Å². The van der Waals surface area contributed by atoms with E-state index in [1.807, 2.05) is 99.7 Å². The van der Waals surface area contributed by atoms with Crippen molar-refractivity contribution in [1.82, 2.24) is 0 Å². The molecule has 44 heavy (non-hydrogen) atoms. The number of amidine groups is 1. The first kappa shape index (κ1) is 31.5. The quantitative estimate of drug-likeness (QED) is 0.128. The Bertz CT molecular complexity index is 1770. The van der Waals surface area contributed by atoms with E-state index in [0.29, 0.717) is 62.6 Å². The van der Waals surface area contributed by atoms with Crippen molar-refractivity contribution >= 4 is 63.5 Å². The number of nitrogens with zero attached hydrogens (tertiary/aromatic N) is 2. The van der Waals surface area contributed by atoms with Crippen LogP contribution in [0.2, 0.25) is 10.0 Å². The van der Waals surface area contributed by atoms with Gasteiger partial charge in [-0.2, -0.15) is 0 Å². The summed E-state index contributed by atoms with van der Waals surface area (Å²) in [7, 11) is 0. The maximum Gasteiger partial charge on any atom is 0.271 e. The minimum absolute atomic E-state index is 0.209. The van der Waals surface area contributed by atoms with Gasteiger partial charge in [0, 0.05) is 15.6 Å². The van der Waals surface area contributed by atoms with Crippen LogP contribution < -0.4 is 14.4 Å². The Morgan fingerprint density at radius 3 is 2.34 bits per heavy atom. The van der Waals surface area contributed by atoms with Gasteiger partial charge in [-0.25, -0.2) is 4.99 Å². The summed E-state index contributed by atoms with van der Waals surface area (Å²) in [5, 5.41) is 1.67. The number of amides is 1. The van der Waals surface area contributed by atoms with E-state index in [1.54, 1.807) is 17.0 Å². The number of hydrogen-bond donors (Lipinski definition) is 0. The van der Waals surface area contributed by atoms with Gasteiger partial charge in [-0.3, -0.25) is 9.69 Å². The van der Waals surface area contributed by atoms with Crippen LogP contribution in [-0.2, 0) is 17.8 Å². The fourth-order valence-corrected chi connectivity index (χ4v) is 5.99. The van der Waals surface area contributed by atoms with E-state index in [4.69, 9.17) is 37.7 Å². The molecule has 1 saturated heterocycles. The summed E-state index contributed by atoms with van der Waals surface area (Å²) < 4.78 is 12.3. The number of benzene rings is 4. The van der Waals surface area contributed by atoms with Gasteiger partial charge < -0.3 is 9.47 Å². The number of aliphatic imine (C=N–C) groups is 1. The Labute approximate surface area is 272 Å². The Morgan fingerprint density at radius 1 is 0.932 bits per heavy atom. The SMILES string of the molecule is C=CCc1cc(/C=C2/SC(=Nc3ccc(C)c(Cl)c3)N(c3ccc(C)c(Cl)c3)C2=O)cc(OCC)c1OCc1ccccc1. The number of thioether (sulfide) groups is 1. The highest BCUT2D eigenvalue weighted by Crippen LogP contribution is 2.41. The normalized spacial score (nSPS) is 14.8. The second-order valence-electron chi connectivity index (χ2n) is 10.2. The Kier molecular flexibility index (Phi) is 10.2. The van der Waals surface area contributed by atoms with E-state index in [-0.39, 0.29) is 5.91 Å². The number of halogens is 2. The van der Waals surface area contributed by atoms with Crippen LogP contribution in [0.5, 0.6) is 11.5 Å². The van der Waals surface area contributed by atoms with Crippen molar-refractivity contribution in [2.45, 2.75) is 33.8 Å². The molecule has 1 aliphatic rings. The summed E-state index contributed by atoms with van der Waals surface area (Å²) in [6.45, 7) is 10.6. The predicted octanol–water partition coefficient (Wildman–Crippen LogP) is 10.1.